The molecule has 2 aliphatic heterocycles. The second-order valence-electron chi connectivity index (χ2n) is 12.1. The van der Waals surface area contributed by atoms with Gasteiger partial charge in [-0.25, -0.2) is 0 Å². The van der Waals surface area contributed by atoms with Gasteiger partial charge in [-0.1, -0.05) is 50.2 Å². The maximum Gasteiger partial charge on any atom is 0.339 e. The van der Waals surface area contributed by atoms with Crippen LogP contribution in [0.2, 0.25) is 0 Å². The van der Waals surface area contributed by atoms with Crippen LogP contribution in [0.4, 0.5) is 0 Å². The van der Waals surface area contributed by atoms with Crippen molar-refractivity contribution in [1.82, 2.24) is 9.80 Å². The van der Waals surface area contributed by atoms with Gasteiger partial charge < -0.3 is 48.7 Å². The number of fused-ring (bicyclic) bond motifs is 2. The lowest BCUT2D eigenvalue weighted by Crippen LogP contribution is -2.43. The van der Waals surface area contributed by atoms with Gasteiger partial charge in [0.05, 0.1) is 38.5 Å². The van der Waals surface area contributed by atoms with Gasteiger partial charge in [-0.05, 0) is 0 Å². The Hall–Kier alpha value is -1.90. The molecule has 2 heterocycles. The summed E-state index contributed by atoms with van der Waals surface area (Å²) in [6, 6.07) is 8.59. The Morgan fingerprint density at radius 2 is 1.09 bits per heavy atom. The summed E-state index contributed by atoms with van der Waals surface area (Å²) in [4.78, 5) is 43.0. The van der Waals surface area contributed by atoms with Crippen molar-refractivity contribution in [3.05, 3.63) is 58.7 Å². The number of ether oxygens (including phenoxy) is 4. The minimum Gasteiger partial charge on any atom is -0.462 e. The molecule has 0 amide bonds. The van der Waals surface area contributed by atoms with Crippen molar-refractivity contribution in [3.63, 3.8) is 0 Å². The molecule has 0 saturated carbocycles. The van der Waals surface area contributed by atoms with Crippen LogP contribution in [0.3, 0.4) is 0 Å². The molecule has 0 fully saturated rings. The lowest BCUT2D eigenvalue weighted by Gasteiger charge is -2.40. The molecule has 4 atom stereocenters. The van der Waals surface area contributed by atoms with Gasteiger partial charge in [0.15, 0.2) is 0 Å². The fourth-order valence-corrected chi connectivity index (χ4v) is 7.34. The van der Waals surface area contributed by atoms with E-state index < -0.39 is 64.6 Å². The topological polar surface area (TPSA) is 199 Å². The molecule has 46 heavy (non-hydrogen) atoms. The van der Waals surface area contributed by atoms with Crippen LogP contribution in [0.5, 0.6) is 11.5 Å². The number of nitrogens with zero attached hydrogens (tertiary/aromatic N) is 2. The monoisotopic (exact) mass is 688 g/mol. The molecule has 2 aliphatic rings. The summed E-state index contributed by atoms with van der Waals surface area (Å²) in [7, 11) is -9.40. The highest BCUT2D eigenvalue weighted by Crippen LogP contribution is 2.45. The molecule has 0 radical (unpaired) electrons. The van der Waals surface area contributed by atoms with Crippen molar-refractivity contribution in [1.29, 1.82) is 0 Å². The van der Waals surface area contributed by atoms with Gasteiger partial charge in [0.25, 0.3) is 0 Å². The predicted molar refractivity (Wildman–Crippen MR) is 168 cm³/mol. The first kappa shape index (κ1) is 36.9. The van der Waals surface area contributed by atoms with E-state index in [4.69, 9.17) is 18.9 Å². The third-order valence-corrected chi connectivity index (χ3v) is 10.1. The summed E-state index contributed by atoms with van der Waals surface area (Å²) in [6.07, 6.45) is -0.472. The lowest BCUT2D eigenvalue weighted by molar-refractivity contribution is -0.195. The molecule has 16 heteroatoms. The van der Waals surface area contributed by atoms with Crippen LogP contribution in [0.25, 0.3) is 0 Å². The van der Waals surface area contributed by atoms with E-state index >= 15 is 0 Å². The van der Waals surface area contributed by atoms with Crippen LogP contribution in [0.1, 0.15) is 74.9 Å². The predicted octanol–water partition coefficient (Wildman–Crippen LogP) is 3.40. The van der Waals surface area contributed by atoms with Gasteiger partial charge in [-0.3, -0.25) is 18.9 Å². The van der Waals surface area contributed by atoms with E-state index in [9.17, 15) is 38.9 Å². The SMILES string of the molecule is CCC1(C)OCc2cccc(C(CO)N(CCN(CP(=O)(O)O)C(CO)c3cccc4c3OC(C)(CC)OC4)CP(=O)(O)O)c2O1. The van der Waals surface area contributed by atoms with Gasteiger partial charge in [0.1, 0.15) is 24.1 Å². The largest absolute Gasteiger partial charge is 0.462 e. The number of aliphatic hydroxyl groups excluding tert-OH is 2. The summed E-state index contributed by atoms with van der Waals surface area (Å²) in [5, 5.41) is 21.3. The van der Waals surface area contributed by atoms with Crippen molar-refractivity contribution in [3.8, 4) is 11.5 Å². The van der Waals surface area contributed by atoms with Gasteiger partial charge in [0.2, 0.25) is 11.6 Å². The Bertz CT molecular complexity index is 1340. The summed E-state index contributed by atoms with van der Waals surface area (Å²) in [6.45, 7) is 6.46. The zero-order valence-electron chi connectivity index (χ0n) is 26.6. The van der Waals surface area contributed by atoms with Crippen LogP contribution in [-0.2, 0) is 31.8 Å². The highest BCUT2D eigenvalue weighted by molar-refractivity contribution is 7.51. The van der Waals surface area contributed by atoms with E-state index in [0.29, 0.717) is 46.6 Å². The van der Waals surface area contributed by atoms with E-state index in [2.05, 4.69) is 0 Å². The van der Waals surface area contributed by atoms with E-state index in [0.717, 1.165) is 0 Å². The number of rotatable bonds is 15. The van der Waals surface area contributed by atoms with Crippen LogP contribution in [0, 0.1) is 0 Å². The molecule has 14 nitrogen and oxygen atoms in total. The zero-order chi connectivity index (χ0) is 33.9. The van der Waals surface area contributed by atoms with Gasteiger partial charge in [-0.2, -0.15) is 0 Å². The standard InChI is InChI=1S/C30H46N2O12P2/c1-5-29(3)41-17-21-9-7-11-23(27(21)43-29)25(15-33)31(19-45(35,36)37)13-14-32(20-46(38,39)40)26(16-34)24-12-8-10-22-18-42-30(4,6-2)44-28(22)24/h7-12,25-26,33-34H,5-6,13-20H2,1-4H3,(H2,35,36,37)(H2,38,39,40). The number of aliphatic hydroxyl groups is 2. The lowest BCUT2D eigenvalue weighted by atomic mass is 9.99. The van der Waals surface area contributed by atoms with Gasteiger partial charge in [0, 0.05) is 62.0 Å². The zero-order valence-corrected chi connectivity index (χ0v) is 28.4. The molecule has 0 saturated heterocycles. The van der Waals surface area contributed by atoms with E-state index in [1.165, 1.54) is 9.80 Å². The minimum absolute atomic E-state index is 0.149. The van der Waals surface area contributed by atoms with Crippen molar-refractivity contribution >= 4 is 15.2 Å². The molecule has 2 aromatic rings. The van der Waals surface area contributed by atoms with Crippen LogP contribution in [0.15, 0.2) is 36.4 Å². The van der Waals surface area contributed by atoms with E-state index in [1.807, 2.05) is 13.8 Å². The Morgan fingerprint density at radius 3 is 1.39 bits per heavy atom. The maximum absolute atomic E-state index is 12.4. The highest BCUT2D eigenvalue weighted by atomic mass is 31.2. The van der Waals surface area contributed by atoms with Crippen LogP contribution < -0.4 is 9.47 Å². The molecule has 0 aliphatic carbocycles. The smallest absolute Gasteiger partial charge is 0.339 e. The van der Waals surface area contributed by atoms with E-state index in [-0.39, 0.29) is 26.3 Å². The molecular formula is C30H46N2O12P2. The van der Waals surface area contributed by atoms with Crippen LogP contribution in [-0.4, -0.2) is 90.0 Å². The minimum atomic E-state index is -4.70. The molecule has 0 spiro atoms. The summed E-state index contributed by atoms with van der Waals surface area (Å²) in [5.74, 6) is -0.992. The molecule has 258 valence electrons. The summed E-state index contributed by atoms with van der Waals surface area (Å²) >= 11 is 0. The molecule has 0 aromatic heterocycles. The molecular weight excluding hydrogens is 642 g/mol. The molecule has 4 unspecified atom stereocenters. The Morgan fingerprint density at radius 1 is 0.717 bits per heavy atom. The van der Waals surface area contributed by atoms with Crippen molar-refractivity contribution in [2.24, 2.45) is 0 Å². The maximum atomic E-state index is 12.4. The second-order valence-corrected chi connectivity index (χ2v) is 15.3. The fraction of sp³-hybridized carbons (Fsp3) is 0.600. The first-order valence-electron chi connectivity index (χ1n) is 15.2. The third kappa shape index (κ3) is 8.96. The summed E-state index contributed by atoms with van der Waals surface area (Å²) < 4.78 is 48.9. The van der Waals surface area contributed by atoms with Gasteiger partial charge in [-0.15, -0.1) is 0 Å². The van der Waals surface area contributed by atoms with Crippen molar-refractivity contribution in [2.45, 2.75) is 77.4 Å². The molecule has 4 rings (SSSR count). The van der Waals surface area contributed by atoms with Crippen molar-refractivity contribution in [2.75, 3.05) is 38.9 Å². The fourth-order valence-electron chi connectivity index (χ4n) is 5.71. The average molecular weight is 689 g/mol. The number of hydrogen-bond donors (Lipinski definition) is 6. The molecule has 2 aromatic carbocycles. The van der Waals surface area contributed by atoms with Crippen molar-refractivity contribution < 1.29 is 57.9 Å². The first-order chi connectivity index (χ1) is 21.5. The Labute approximate surface area is 269 Å². The number of benzene rings is 2. The van der Waals surface area contributed by atoms with E-state index in [1.54, 1.807) is 50.2 Å². The second kappa shape index (κ2) is 14.7. The quantitative estimate of drug-likeness (QED) is 0.149. The number of hydrogen-bond acceptors (Lipinski definition) is 10. The molecule has 6 N–H and O–H groups in total. The molecule has 0 bridgehead atoms. The highest BCUT2D eigenvalue weighted by Gasteiger charge is 2.38. The number of para-hydroxylation sites is 2. The third-order valence-electron chi connectivity index (χ3n) is 8.59. The first-order valence-corrected chi connectivity index (χ1v) is 18.8. The summed E-state index contributed by atoms with van der Waals surface area (Å²) in [5.41, 5.74) is 2.39. The normalized spacial score (nSPS) is 23.0. The Balaban J connectivity index is 1.71. The van der Waals surface area contributed by atoms with Gasteiger partial charge >= 0.3 is 15.2 Å². The van der Waals surface area contributed by atoms with Crippen LogP contribution >= 0.6 is 15.2 Å². The Kier molecular flexibility index (Phi) is 11.8. The average Bonchev–Trinajstić information content (AvgIpc) is 2.99.